The minimum atomic E-state index is -0.378. The average Bonchev–Trinajstić information content (AvgIpc) is 2.83. The zero-order chi connectivity index (χ0) is 12.8. The van der Waals surface area contributed by atoms with Crippen LogP contribution in [0, 0.1) is 11.2 Å². The zero-order valence-electron chi connectivity index (χ0n) is 9.92. The summed E-state index contributed by atoms with van der Waals surface area (Å²) in [6.07, 6.45) is 4.24. The highest BCUT2D eigenvalue weighted by Crippen LogP contribution is 2.52. The Hall–Kier alpha value is -0.900. The quantitative estimate of drug-likeness (QED) is 0.828. The topological polar surface area (TPSA) is 26.3 Å². The van der Waals surface area contributed by atoms with Crippen LogP contribution in [0.5, 0.6) is 5.75 Å². The van der Waals surface area contributed by atoms with Crippen molar-refractivity contribution in [3.63, 3.8) is 0 Å². The lowest BCUT2D eigenvalue weighted by Crippen LogP contribution is -2.55. The Kier molecular flexibility index (Phi) is 2.93. The molecule has 2 nitrogen and oxygen atoms in total. The molecule has 0 aliphatic heterocycles. The normalized spacial score (nSPS) is 25.2. The molecule has 1 unspecified atom stereocenters. The van der Waals surface area contributed by atoms with Gasteiger partial charge >= 0.3 is 0 Å². The van der Waals surface area contributed by atoms with E-state index in [1.807, 2.05) is 0 Å². The summed E-state index contributed by atoms with van der Waals surface area (Å²) >= 11 is 3.21. The summed E-state index contributed by atoms with van der Waals surface area (Å²) in [7, 11) is 0. The second-order valence-corrected chi connectivity index (χ2v) is 6.09. The molecule has 2 aliphatic rings. The van der Waals surface area contributed by atoms with Gasteiger partial charge in [-0.1, -0.05) is 28.8 Å². The molecule has 3 rings (SSSR count). The smallest absolute Gasteiger partial charge is 0.166 e. The highest BCUT2D eigenvalue weighted by molar-refractivity contribution is 9.10. The third-order valence-electron chi connectivity index (χ3n) is 4.20. The predicted octanol–water partition coefficient (Wildman–Crippen LogP) is 3.87. The van der Waals surface area contributed by atoms with Gasteiger partial charge in [0.25, 0.3) is 0 Å². The van der Waals surface area contributed by atoms with E-state index in [1.165, 1.54) is 6.07 Å². The van der Waals surface area contributed by atoms with Crippen LogP contribution < -0.4 is 4.74 Å². The first-order chi connectivity index (χ1) is 8.62. The fraction of sp³-hybridized carbons (Fsp3) is 0.500. The highest BCUT2D eigenvalue weighted by Gasteiger charge is 2.57. The molecule has 0 aromatic heterocycles. The molecule has 0 amide bonds. The van der Waals surface area contributed by atoms with Gasteiger partial charge in [-0.3, -0.25) is 4.79 Å². The lowest BCUT2D eigenvalue weighted by atomic mass is 9.63. The lowest BCUT2D eigenvalue weighted by molar-refractivity contribution is -0.151. The van der Waals surface area contributed by atoms with Crippen LogP contribution in [0.2, 0.25) is 0 Å². The molecule has 2 fully saturated rings. The molecule has 1 spiro atoms. The molecule has 0 saturated heterocycles. The molecule has 1 aromatic carbocycles. The van der Waals surface area contributed by atoms with Crippen LogP contribution in [-0.2, 0) is 4.79 Å². The maximum absolute atomic E-state index is 13.7. The summed E-state index contributed by atoms with van der Waals surface area (Å²) in [5, 5.41) is 0. The van der Waals surface area contributed by atoms with Crippen LogP contribution in [0.3, 0.4) is 0 Å². The van der Waals surface area contributed by atoms with Crippen LogP contribution in [-0.4, -0.2) is 11.9 Å². The molecule has 0 bridgehead atoms. The minimum Gasteiger partial charge on any atom is -0.486 e. The van der Waals surface area contributed by atoms with Crippen LogP contribution in [0.4, 0.5) is 4.39 Å². The summed E-state index contributed by atoms with van der Waals surface area (Å²) in [5.74, 6) is 0.168. The van der Waals surface area contributed by atoms with Crippen molar-refractivity contribution in [2.24, 2.45) is 5.41 Å². The number of hydrogen-bond acceptors (Lipinski definition) is 2. The fourth-order valence-corrected chi connectivity index (χ4v) is 3.43. The summed E-state index contributed by atoms with van der Waals surface area (Å²) < 4.78 is 20.1. The van der Waals surface area contributed by atoms with Crippen molar-refractivity contribution in [1.82, 2.24) is 0 Å². The van der Waals surface area contributed by atoms with Crippen molar-refractivity contribution in [2.75, 3.05) is 0 Å². The van der Waals surface area contributed by atoms with Gasteiger partial charge in [0.15, 0.2) is 11.6 Å². The zero-order valence-corrected chi connectivity index (χ0v) is 11.5. The number of hydrogen-bond donors (Lipinski definition) is 0. The second kappa shape index (κ2) is 4.34. The summed E-state index contributed by atoms with van der Waals surface area (Å²) in [4.78, 5) is 11.8. The van der Waals surface area contributed by atoms with Gasteiger partial charge in [-0.15, -0.1) is 0 Å². The van der Waals surface area contributed by atoms with Gasteiger partial charge in [0, 0.05) is 10.9 Å². The number of carbonyl (C=O) groups is 1. The number of Topliss-reactive ketones (excluding diaryl/α,β-unsaturated/α-hetero) is 1. The SMILES string of the molecule is O=C1CC(Oc2ccc(Br)cc2F)C12CCCC2. The van der Waals surface area contributed by atoms with Crippen LogP contribution in [0.15, 0.2) is 22.7 Å². The molecule has 96 valence electrons. The molecular weight excluding hydrogens is 299 g/mol. The standard InChI is InChI=1S/C14H14BrFO2/c15-9-3-4-11(10(16)7-9)18-13-8-12(17)14(13)5-1-2-6-14/h3-4,7,13H,1-2,5-6,8H2. The third-order valence-corrected chi connectivity index (χ3v) is 4.69. The first-order valence-electron chi connectivity index (χ1n) is 6.27. The minimum absolute atomic E-state index is 0.136. The average molecular weight is 313 g/mol. The van der Waals surface area contributed by atoms with E-state index in [4.69, 9.17) is 4.74 Å². The van der Waals surface area contributed by atoms with E-state index in [0.717, 1.165) is 25.7 Å². The van der Waals surface area contributed by atoms with Crippen molar-refractivity contribution in [3.8, 4) is 5.75 Å². The van der Waals surface area contributed by atoms with Gasteiger partial charge in [-0.25, -0.2) is 4.39 Å². The monoisotopic (exact) mass is 312 g/mol. The van der Waals surface area contributed by atoms with E-state index < -0.39 is 0 Å². The number of halogens is 2. The first-order valence-corrected chi connectivity index (χ1v) is 7.06. The third kappa shape index (κ3) is 1.78. The van der Waals surface area contributed by atoms with Crippen LogP contribution in [0.25, 0.3) is 0 Å². The van der Waals surface area contributed by atoms with Crippen molar-refractivity contribution in [3.05, 3.63) is 28.5 Å². The van der Waals surface area contributed by atoms with E-state index >= 15 is 0 Å². The largest absolute Gasteiger partial charge is 0.486 e. The summed E-state index contributed by atoms with van der Waals surface area (Å²) in [5.41, 5.74) is -0.306. The number of carbonyl (C=O) groups excluding carboxylic acids is 1. The Morgan fingerprint density at radius 3 is 2.67 bits per heavy atom. The van der Waals surface area contributed by atoms with Crippen LogP contribution in [0.1, 0.15) is 32.1 Å². The molecule has 0 radical (unpaired) electrons. The van der Waals surface area contributed by atoms with Gasteiger partial charge in [0.05, 0.1) is 5.41 Å². The number of benzene rings is 1. The Morgan fingerprint density at radius 2 is 2.06 bits per heavy atom. The molecule has 2 saturated carbocycles. The molecule has 0 heterocycles. The van der Waals surface area contributed by atoms with Crippen molar-refractivity contribution < 1.29 is 13.9 Å². The molecule has 1 aromatic rings. The van der Waals surface area contributed by atoms with Crippen LogP contribution >= 0.6 is 15.9 Å². The Bertz CT molecular complexity index is 495. The summed E-state index contributed by atoms with van der Waals surface area (Å²) in [6, 6.07) is 4.75. The fourth-order valence-electron chi connectivity index (χ4n) is 3.10. The van der Waals surface area contributed by atoms with E-state index in [2.05, 4.69) is 15.9 Å². The van der Waals surface area contributed by atoms with Gasteiger partial charge < -0.3 is 4.74 Å². The van der Waals surface area contributed by atoms with Crippen molar-refractivity contribution in [1.29, 1.82) is 0 Å². The molecule has 0 N–H and O–H groups in total. The van der Waals surface area contributed by atoms with Crippen molar-refractivity contribution in [2.45, 2.75) is 38.2 Å². The number of rotatable bonds is 2. The maximum atomic E-state index is 13.7. The highest BCUT2D eigenvalue weighted by atomic mass is 79.9. The Labute approximate surface area is 114 Å². The van der Waals surface area contributed by atoms with Gasteiger partial charge in [-0.05, 0) is 31.0 Å². The molecule has 1 atom stereocenters. The Morgan fingerprint density at radius 1 is 1.33 bits per heavy atom. The number of ketones is 1. The van der Waals surface area contributed by atoms with E-state index in [0.29, 0.717) is 16.7 Å². The molecule has 2 aliphatic carbocycles. The van der Waals surface area contributed by atoms with Gasteiger partial charge in [0.1, 0.15) is 11.9 Å². The van der Waals surface area contributed by atoms with Gasteiger partial charge in [-0.2, -0.15) is 0 Å². The number of ether oxygens (including phenoxy) is 1. The second-order valence-electron chi connectivity index (χ2n) is 5.17. The molecular formula is C14H14BrFO2. The van der Waals surface area contributed by atoms with E-state index in [1.54, 1.807) is 12.1 Å². The van der Waals surface area contributed by atoms with E-state index in [-0.39, 0.29) is 23.1 Å². The van der Waals surface area contributed by atoms with Crippen molar-refractivity contribution >= 4 is 21.7 Å². The molecule has 4 heteroatoms. The molecule has 18 heavy (non-hydrogen) atoms. The Balaban J connectivity index is 1.79. The maximum Gasteiger partial charge on any atom is 0.166 e. The lowest BCUT2D eigenvalue weighted by Gasteiger charge is -2.44. The van der Waals surface area contributed by atoms with Gasteiger partial charge in [0.2, 0.25) is 0 Å². The van der Waals surface area contributed by atoms with E-state index in [9.17, 15) is 9.18 Å². The predicted molar refractivity (Wildman–Crippen MR) is 69.0 cm³/mol. The first kappa shape index (κ1) is 12.2. The summed E-state index contributed by atoms with van der Waals surface area (Å²) in [6.45, 7) is 0.